The zero-order valence-corrected chi connectivity index (χ0v) is 19.5. The van der Waals surface area contributed by atoms with E-state index < -0.39 is 9.84 Å². The lowest BCUT2D eigenvalue weighted by molar-refractivity contribution is 0.596. The highest BCUT2D eigenvalue weighted by Crippen LogP contribution is 2.40. The van der Waals surface area contributed by atoms with Gasteiger partial charge in [-0.05, 0) is 54.0 Å². The molecule has 1 aliphatic heterocycles. The van der Waals surface area contributed by atoms with E-state index in [-0.39, 0.29) is 23.2 Å². The van der Waals surface area contributed by atoms with E-state index in [2.05, 4.69) is 20.8 Å². The molecule has 31 heavy (non-hydrogen) atoms. The molecule has 4 rings (SSSR count). The van der Waals surface area contributed by atoms with Crippen molar-refractivity contribution in [3.63, 3.8) is 0 Å². The zero-order chi connectivity index (χ0) is 22.0. The summed E-state index contributed by atoms with van der Waals surface area (Å²) in [6, 6.07) is 22.6. The molecule has 3 aromatic carbocycles. The zero-order valence-electron chi connectivity index (χ0n) is 17.1. The van der Waals surface area contributed by atoms with Crippen LogP contribution in [-0.4, -0.2) is 26.8 Å². The van der Waals surface area contributed by atoms with E-state index in [0.29, 0.717) is 16.8 Å². The van der Waals surface area contributed by atoms with Gasteiger partial charge in [0, 0.05) is 23.5 Å². The van der Waals surface area contributed by atoms with Crippen LogP contribution >= 0.6 is 15.9 Å². The van der Waals surface area contributed by atoms with Crippen molar-refractivity contribution in [1.29, 1.82) is 0 Å². The fraction of sp³-hybridized carbons (Fsp3) is 0.200. The van der Waals surface area contributed by atoms with Crippen LogP contribution in [-0.2, 0) is 9.84 Å². The third kappa shape index (κ3) is 4.32. The van der Waals surface area contributed by atoms with Gasteiger partial charge in [-0.2, -0.15) is 0 Å². The van der Waals surface area contributed by atoms with Crippen molar-refractivity contribution in [2.45, 2.75) is 11.8 Å². The molecule has 1 unspecified atom stereocenters. The summed E-state index contributed by atoms with van der Waals surface area (Å²) in [6.07, 6.45) is 0. The Hall–Kier alpha value is -2.44. The molecular formula is C25H23BrFNO2S. The lowest BCUT2D eigenvalue weighted by Crippen LogP contribution is -2.40. The summed E-state index contributed by atoms with van der Waals surface area (Å²) >= 11 is 3.60. The predicted molar refractivity (Wildman–Crippen MR) is 128 cm³/mol. The third-order valence-electron chi connectivity index (χ3n) is 5.66. The van der Waals surface area contributed by atoms with Gasteiger partial charge in [-0.1, -0.05) is 64.5 Å². The maximum atomic E-state index is 13.8. The van der Waals surface area contributed by atoms with E-state index >= 15 is 0 Å². The third-order valence-corrected chi connectivity index (χ3v) is 8.33. The van der Waals surface area contributed by atoms with Crippen LogP contribution in [0, 0.1) is 18.7 Å². The van der Waals surface area contributed by atoms with Crippen LogP contribution in [0.15, 0.2) is 88.7 Å². The second-order valence-electron chi connectivity index (χ2n) is 7.68. The first-order chi connectivity index (χ1) is 14.9. The van der Waals surface area contributed by atoms with Gasteiger partial charge >= 0.3 is 0 Å². The first-order valence-electron chi connectivity index (χ1n) is 10.1. The van der Waals surface area contributed by atoms with E-state index in [1.165, 1.54) is 12.1 Å². The van der Waals surface area contributed by atoms with Crippen molar-refractivity contribution < 1.29 is 12.8 Å². The summed E-state index contributed by atoms with van der Waals surface area (Å²) in [5, 5.41) is 0.593. The van der Waals surface area contributed by atoms with Crippen LogP contribution in [0.2, 0.25) is 0 Å². The summed E-state index contributed by atoms with van der Waals surface area (Å²) in [6.45, 7) is 2.96. The van der Waals surface area contributed by atoms with Crippen molar-refractivity contribution in [3.8, 4) is 0 Å². The number of aryl methyl sites for hydroxylation is 1. The lowest BCUT2D eigenvalue weighted by Gasteiger charge is -2.38. The van der Waals surface area contributed by atoms with Gasteiger partial charge in [-0.3, -0.25) is 0 Å². The quantitative estimate of drug-likeness (QED) is 0.413. The Morgan fingerprint density at radius 3 is 2.26 bits per heavy atom. The Labute approximate surface area is 191 Å². The van der Waals surface area contributed by atoms with Crippen LogP contribution in [0.5, 0.6) is 0 Å². The highest BCUT2D eigenvalue weighted by Gasteiger charge is 2.35. The standard InChI is InChI=1S/C25H23BrFNO2S/c1-18-7-5-6-10-23(18)28-16-20(15-26)25(19-11-13-21(27)14-12-19)24(17-28)31(29,30)22-8-3-2-4-9-22/h2-14,20H,15-17H2,1H3. The van der Waals surface area contributed by atoms with Gasteiger partial charge in [0.05, 0.1) is 16.3 Å². The number of nitrogens with zero attached hydrogens (tertiary/aromatic N) is 1. The van der Waals surface area contributed by atoms with E-state index in [0.717, 1.165) is 22.4 Å². The summed E-state index contributed by atoms with van der Waals surface area (Å²) in [5.41, 5.74) is 3.61. The molecular weight excluding hydrogens is 477 g/mol. The minimum Gasteiger partial charge on any atom is -0.366 e. The highest BCUT2D eigenvalue weighted by atomic mass is 79.9. The molecule has 0 saturated carbocycles. The fourth-order valence-electron chi connectivity index (χ4n) is 4.13. The molecule has 0 aromatic heterocycles. The second kappa shape index (κ2) is 8.97. The predicted octanol–water partition coefficient (Wildman–Crippen LogP) is 5.85. The molecule has 1 aliphatic rings. The number of sulfone groups is 1. The Morgan fingerprint density at radius 1 is 0.968 bits per heavy atom. The minimum absolute atomic E-state index is 0.0766. The topological polar surface area (TPSA) is 37.4 Å². The van der Waals surface area contributed by atoms with Gasteiger partial charge in [0.25, 0.3) is 0 Å². The summed E-state index contributed by atoms with van der Waals surface area (Å²) in [5.74, 6) is -0.420. The molecule has 0 spiro atoms. The van der Waals surface area contributed by atoms with Crippen molar-refractivity contribution in [3.05, 3.63) is 101 Å². The number of hydrogen-bond acceptors (Lipinski definition) is 3. The first-order valence-corrected chi connectivity index (χ1v) is 12.7. The van der Waals surface area contributed by atoms with Gasteiger partial charge < -0.3 is 4.90 Å². The summed E-state index contributed by atoms with van der Waals surface area (Å²) < 4.78 is 41.2. The molecule has 3 aromatic rings. The Kier molecular flexibility index (Phi) is 6.30. The van der Waals surface area contributed by atoms with Gasteiger partial charge in [-0.25, -0.2) is 12.8 Å². The summed E-state index contributed by atoms with van der Waals surface area (Å²) in [4.78, 5) is 2.76. The fourth-order valence-corrected chi connectivity index (χ4v) is 6.36. The van der Waals surface area contributed by atoms with Gasteiger partial charge in [0.1, 0.15) is 5.82 Å². The van der Waals surface area contributed by atoms with Crippen molar-refractivity contribution in [1.82, 2.24) is 0 Å². The smallest absolute Gasteiger partial charge is 0.204 e. The average Bonchev–Trinajstić information content (AvgIpc) is 2.80. The summed E-state index contributed by atoms with van der Waals surface area (Å²) in [7, 11) is -3.74. The van der Waals surface area contributed by atoms with Gasteiger partial charge in [0.2, 0.25) is 9.84 Å². The molecule has 0 saturated heterocycles. The minimum atomic E-state index is -3.74. The maximum Gasteiger partial charge on any atom is 0.204 e. The van der Waals surface area contributed by atoms with Crippen LogP contribution < -0.4 is 4.90 Å². The van der Waals surface area contributed by atoms with Gasteiger partial charge in [0.15, 0.2) is 0 Å². The molecule has 0 radical (unpaired) electrons. The average molecular weight is 500 g/mol. The number of halogens is 2. The molecule has 1 heterocycles. The van der Waals surface area contributed by atoms with Gasteiger partial charge in [-0.15, -0.1) is 0 Å². The van der Waals surface area contributed by atoms with E-state index in [9.17, 15) is 12.8 Å². The molecule has 0 fully saturated rings. The van der Waals surface area contributed by atoms with Crippen molar-refractivity contribution in [2.24, 2.45) is 5.92 Å². The van der Waals surface area contributed by atoms with Crippen LogP contribution in [0.4, 0.5) is 10.1 Å². The highest BCUT2D eigenvalue weighted by molar-refractivity contribution is 9.09. The first kappa shape index (κ1) is 21.8. The number of para-hydroxylation sites is 1. The molecule has 3 nitrogen and oxygen atoms in total. The molecule has 0 N–H and O–H groups in total. The molecule has 0 amide bonds. The van der Waals surface area contributed by atoms with E-state index in [1.54, 1.807) is 42.5 Å². The number of anilines is 1. The largest absolute Gasteiger partial charge is 0.366 e. The van der Waals surface area contributed by atoms with E-state index in [4.69, 9.17) is 0 Å². The van der Waals surface area contributed by atoms with E-state index in [1.807, 2.05) is 31.2 Å². The number of rotatable bonds is 5. The molecule has 6 heteroatoms. The molecule has 0 aliphatic carbocycles. The second-order valence-corrected chi connectivity index (χ2v) is 10.3. The molecule has 160 valence electrons. The van der Waals surface area contributed by atoms with Crippen molar-refractivity contribution in [2.75, 3.05) is 23.3 Å². The normalized spacial score (nSPS) is 17.1. The Morgan fingerprint density at radius 2 is 1.61 bits per heavy atom. The molecule has 1 atom stereocenters. The van der Waals surface area contributed by atoms with Crippen LogP contribution in [0.1, 0.15) is 11.1 Å². The van der Waals surface area contributed by atoms with Crippen LogP contribution in [0.25, 0.3) is 5.57 Å². The molecule has 0 bridgehead atoms. The number of alkyl halides is 1. The van der Waals surface area contributed by atoms with Crippen LogP contribution in [0.3, 0.4) is 0 Å². The monoisotopic (exact) mass is 499 g/mol. The van der Waals surface area contributed by atoms with Crippen molar-refractivity contribution >= 4 is 37.0 Å². The number of hydrogen-bond donors (Lipinski definition) is 0. The Balaban J connectivity index is 1.93. The maximum absolute atomic E-state index is 13.8. The SMILES string of the molecule is Cc1ccccc1N1CC(S(=O)(=O)c2ccccc2)=C(c2ccc(F)cc2)C(CBr)C1. The number of benzene rings is 3. The lowest BCUT2D eigenvalue weighted by atomic mass is 9.89. The Bertz CT molecular complexity index is 1210.